The van der Waals surface area contributed by atoms with Crippen LogP contribution in [-0.2, 0) is 0 Å². The van der Waals surface area contributed by atoms with Gasteiger partial charge in [0.25, 0.3) is 5.91 Å². The van der Waals surface area contributed by atoms with Gasteiger partial charge in [-0.05, 0) is 25.1 Å². The Bertz CT molecular complexity index is 612. The normalized spacial score (nSPS) is 14.1. The van der Waals surface area contributed by atoms with Crippen molar-refractivity contribution in [3.63, 3.8) is 0 Å². The molecule has 0 aliphatic carbocycles. The van der Waals surface area contributed by atoms with Crippen LogP contribution >= 0.6 is 0 Å². The van der Waals surface area contributed by atoms with Gasteiger partial charge >= 0.3 is 0 Å². The van der Waals surface area contributed by atoms with E-state index in [1.54, 1.807) is 29.2 Å². The molecule has 7 heteroatoms. The quantitative estimate of drug-likeness (QED) is 0.899. The zero-order valence-electron chi connectivity index (χ0n) is 10.9. The average molecular weight is 274 g/mol. The van der Waals surface area contributed by atoms with Crippen molar-refractivity contribution in [2.45, 2.75) is 13.0 Å². The van der Waals surface area contributed by atoms with Crippen molar-refractivity contribution in [1.29, 1.82) is 0 Å². The zero-order valence-corrected chi connectivity index (χ0v) is 10.9. The van der Waals surface area contributed by atoms with E-state index in [9.17, 15) is 4.79 Å². The highest BCUT2D eigenvalue weighted by Gasteiger charge is 2.16. The molecule has 0 spiro atoms. The van der Waals surface area contributed by atoms with Crippen LogP contribution in [0.3, 0.4) is 0 Å². The van der Waals surface area contributed by atoms with E-state index in [1.807, 2.05) is 6.92 Å². The summed E-state index contributed by atoms with van der Waals surface area (Å²) in [5.74, 6) is 1.11. The van der Waals surface area contributed by atoms with Crippen LogP contribution in [0.4, 0.5) is 0 Å². The zero-order chi connectivity index (χ0) is 13.9. The minimum Gasteiger partial charge on any atom is -0.454 e. The van der Waals surface area contributed by atoms with Gasteiger partial charge in [0, 0.05) is 12.1 Å². The van der Waals surface area contributed by atoms with Crippen molar-refractivity contribution in [1.82, 2.24) is 20.1 Å². The first-order valence-electron chi connectivity index (χ1n) is 6.26. The molecule has 7 nitrogen and oxygen atoms in total. The third-order valence-electron chi connectivity index (χ3n) is 3.08. The number of nitrogens with one attached hydrogen (secondary N) is 1. The number of rotatable bonds is 4. The summed E-state index contributed by atoms with van der Waals surface area (Å²) in [7, 11) is 0. The van der Waals surface area contributed by atoms with E-state index in [-0.39, 0.29) is 18.7 Å². The first kappa shape index (κ1) is 12.5. The Morgan fingerprint density at radius 2 is 2.30 bits per heavy atom. The predicted molar refractivity (Wildman–Crippen MR) is 69.6 cm³/mol. The maximum absolute atomic E-state index is 12.1. The lowest BCUT2D eigenvalue weighted by Crippen LogP contribution is -2.29. The molecule has 3 rings (SSSR count). The average Bonchev–Trinajstić information content (AvgIpc) is 3.13. The van der Waals surface area contributed by atoms with E-state index >= 15 is 0 Å². The van der Waals surface area contributed by atoms with Gasteiger partial charge < -0.3 is 14.8 Å². The first-order valence-corrected chi connectivity index (χ1v) is 6.26. The van der Waals surface area contributed by atoms with Gasteiger partial charge in [-0.15, -0.1) is 0 Å². The fourth-order valence-corrected chi connectivity index (χ4v) is 1.92. The predicted octanol–water partition coefficient (Wildman–Crippen LogP) is 0.998. The van der Waals surface area contributed by atoms with Crippen LogP contribution in [0.5, 0.6) is 11.5 Å². The molecule has 1 amide bonds. The van der Waals surface area contributed by atoms with Crippen LogP contribution in [0.1, 0.15) is 23.3 Å². The Morgan fingerprint density at radius 1 is 1.45 bits per heavy atom. The standard InChI is InChI=1S/C13H14N4O3/c1-9(17-7-14-6-16-17)5-15-13(18)10-2-3-11-12(4-10)20-8-19-11/h2-4,6-7,9H,5,8H2,1H3,(H,15,18)/t9-/m0/s1. The lowest BCUT2D eigenvalue weighted by Gasteiger charge is -2.12. The Hall–Kier alpha value is -2.57. The van der Waals surface area contributed by atoms with Gasteiger partial charge in [-0.1, -0.05) is 0 Å². The van der Waals surface area contributed by atoms with E-state index in [1.165, 1.54) is 6.33 Å². The van der Waals surface area contributed by atoms with E-state index in [4.69, 9.17) is 9.47 Å². The smallest absolute Gasteiger partial charge is 0.251 e. The van der Waals surface area contributed by atoms with Crippen molar-refractivity contribution in [2.75, 3.05) is 13.3 Å². The Morgan fingerprint density at radius 3 is 3.10 bits per heavy atom. The van der Waals surface area contributed by atoms with Crippen molar-refractivity contribution in [3.8, 4) is 11.5 Å². The van der Waals surface area contributed by atoms with Gasteiger partial charge in [-0.25, -0.2) is 9.67 Å². The Balaban J connectivity index is 1.62. The lowest BCUT2D eigenvalue weighted by molar-refractivity contribution is 0.0947. The molecular weight excluding hydrogens is 260 g/mol. The van der Waals surface area contributed by atoms with E-state index in [2.05, 4.69) is 15.4 Å². The third-order valence-corrected chi connectivity index (χ3v) is 3.08. The van der Waals surface area contributed by atoms with Gasteiger partial charge in [0.2, 0.25) is 6.79 Å². The topological polar surface area (TPSA) is 78.3 Å². The summed E-state index contributed by atoms with van der Waals surface area (Å²) in [4.78, 5) is 15.9. The second kappa shape index (κ2) is 5.20. The molecule has 1 aliphatic rings. The van der Waals surface area contributed by atoms with Crippen LogP contribution in [0.15, 0.2) is 30.9 Å². The van der Waals surface area contributed by atoms with Crippen LogP contribution in [0.25, 0.3) is 0 Å². The fourth-order valence-electron chi connectivity index (χ4n) is 1.92. The summed E-state index contributed by atoms with van der Waals surface area (Å²) in [5.41, 5.74) is 0.542. The van der Waals surface area contributed by atoms with Crippen molar-refractivity contribution in [3.05, 3.63) is 36.4 Å². The highest BCUT2D eigenvalue weighted by Crippen LogP contribution is 2.32. The summed E-state index contributed by atoms with van der Waals surface area (Å²) >= 11 is 0. The molecule has 0 unspecified atom stereocenters. The lowest BCUT2D eigenvalue weighted by atomic mass is 10.2. The number of fused-ring (bicyclic) bond motifs is 1. The minimum absolute atomic E-state index is 0.0375. The monoisotopic (exact) mass is 274 g/mol. The van der Waals surface area contributed by atoms with Crippen LogP contribution < -0.4 is 14.8 Å². The van der Waals surface area contributed by atoms with Crippen LogP contribution in [-0.4, -0.2) is 34.0 Å². The van der Waals surface area contributed by atoms with Gasteiger partial charge in [0.15, 0.2) is 11.5 Å². The molecule has 1 aromatic carbocycles. The molecule has 1 atom stereocenters. The van der Waals surface area contributed by atoms with Crippen LogP contribution in [0.2, 0.25) is 0 Å². The van der Waals surface area contributed by atoms with Crippen molar-refractivity contribution in [2.24, 2.45) is 0 Å². The van der Waals surface area contributed by atoms with Gasteiger partial charge in [-0.2, -0.15) is 5.10 Å². The second-order valence-corrected chi connectivity index (χ2v) is 4.50. The number of hydrogen-bond donors (Lipinski definition) is 1. The van der Waals surface area contributed by atoms with E-state index in [0.717, 1.165) is 0 Å². The van der Waals surface area contributed by atoms with E-state index in [0.29, 0.717) is 23.6 Å². The number of carbonyl (C=O) groups excluding carboxylic acids is 1. The number of amides is 1. The molecule has 104 valence electrons. The number of benzene rings is 1. The number of aromatic nitrogens is 3. The summed E-state index contributed by atoms with van der Waals surface area (Å²) in [6, 6.07) is 5.16. The molecular formula is C13H14N4O3. The number of ether oxygens (including phenoxy) is 2. The molecule has 2 aromatic rings. The van der Waals surface area contributed by atoms with Gasteiger partial charge in [0.1, 0.15) is 12.7 Å². The molecule has 0 bridgehead atoms. The molecule has 0 radical (unpaired) electrons. The molecule has 1 aliphatic heterocycles. The molecule has 0 saturated heterocycles. The largest absolute Gasteiger partial charge is 0.454 e. The Labute approximate surface area is 115 Å². The summed E-state index contributed by atoms with van der Waals surface area (Å²) in [5, 5.41) is 6.89. The van der Waals surface area contributed by atoms with Crippen molar-refractivity contribution >= 4 is 5.91 Å². The van der Waals surface area contributed by atoms with Crippen molar-refractivity contribution < 1.29 is 14.3 Å². The highest BCUT2D eigenvalue weighted by molar-refractivity contribution is 5.94. The van der Waals surface area contributed by atoms with E-state index < -0.39 is 0 Å². The molecule has 1 aromatic heterocycles. The maximum Gasteiger partial charge on any atom is 0.251 e. The third kappa shape index (κ3) is 2.42. The molecule has 0 saturated carbocycles. The molecule has 1 N–H and O–H groups in total. The Kier molecular flexibility index (Phi) is 3.24. The summed E-state index contributed by atoms with van der Waals surface area (Å²) < 4.78 is 12.2. The first-order chi connectivity index (χ1) is 9.74. The second-order valence-electron chi connectivity index (χ2n) is 4.50. The number of carbonyl (C=O) groups is 1. The highest BCUT2D eigenvalue weighted by atomic mass is 16.7. The SMILES string of the molecule is C[C@@H](CNC(=O)c1ccc2c(c1)OCO2)n1cncn1. The molecule has 20 heavy (non-hydrogen) atoms. The fraction of sp³-hybridized carbons (Fsp3) is 0.308. The summed E-state index contributed by atoms with van der Waals surface area (Å²) in [6.07, 6.45) is 3.09. The summed E-state index contributed by atoms with van der Waals surface area (Å²) in [6.45, 7) is 2.62. The van der Waals surface area contributed by atoms with Gasteiger partial charge in [-0.3, -0.25) is 4.79 Å². The number of hydrogen-bond acceptors (Lipinski definition) is 5. The maximum atomic E-state index is 12.1. The minimum atomic E-state index is -0.157. The number of nitrogens with zero attached hydrogens (tertiary/aromatic N) is 3. The van der Waals surface area contributed by atoms with Crippen LogP contribution in [0, 0.1) is 0 Å². The molecule has 0 fully saturated rings. The van der Waals surface area contributed by atoms with Gasteiger partial charge in [0.05, 0.1) is 6.04 Å². The molecule has 2 heterocycles.